The number of phenolic OH excluding ortho intramolecular Hbond substituents is 1. The first-order valence-electron chi connectivity index (χ1n) is 4.64. The summed E-state index contributed by atoms with van der Waals surface area (Å²) in [5, 5.41) is 19.7. The summed E-state index contributed by atoms with van der Waals surface area (Å²) < 4.78 is 5.41. The summed E-state index contributed by atoms with van der Waals surface area (Å²) in [4.78, 5) is 11.9. The van der Waals surface area contributed by atoms with Crippen molar-refractivity contribution in [2.24, 2.45) is 0 Å². The van der Waals surface area contributed by atoms with Crippen LogP contribution in [0, 0.1) is 6.92 Å². The van der Waals surface area contributed by atoms with E-state index in [-0.39, 0.29) is 22.4 Å². The van der Waals surface area contributed by atoms with Crippen LogP contribution in [0.15, 0.2) is 21.3 Å². The van der Waals surface area contributed by atoms with E-state index in [1.807, 2.05) is 0 Å². The summed E-state index contributed by atoms with van der Waals surface area (Å²) in [5.74, 6) is 0.0819. The minimum Gasteiger partial charge on any atom is -0.508 e. The molecule has 80 valence electrons. The van der Waals surface area contributed by atoms with Gasteiger partial charge in [0.1, 0.15) is 11.3 Å². The summed E-state index contributed by atoms with van der Waals surface area (Å²) >= 11 is 0. The highest BCUT2D eigenvalue weighted by atomic mass is 16.3. The standard InChI is InChI=1S/C10H7N3O3/c1-4-6(14)3-2-5-8(15)7-10(12-13-11-7)16-9(4)5/h2-3,14H,1H3,(H,11,12,13). The van der Waals surface area contributed by atoms with E-state index >= 15 is 0 Å². The van der Waals surface area contributed by atoms with Crippen LogP contribution >= 0.6 is 0 Å². The second-order valence-electron chi connectivity index (χ2n) is 3.49. The van der Waals surface area contributed by atoms with E-state index in [4.69, 9.17) is 4.42 Å². The van der Waals surface area contributed by atoms with Gasteiger partial charge in [-0.25, -0.2) is 0 Å². The molecule has 0 radical (unpaired) electrons. The van der Waals surface area contributed by atoms with E-state index in [1.165, 1.54) is 12.1 Å². The van der Waals surface area contributed by atoms with Crippen molar-refractivity contribution in [3.05, 3.63) is 27.9 Å². The molecule has 0 atom stereocenters. The Hall–Kier alpha value is -2.37. The molecule has 16 heavy (non-hydrogen) atoms. The smallest absolute Gasteiger partial charge is 0.270 e. The molecule has 0 spiro atoms. The number of phenols is 1. The van der Waals surface area contributed by atoms with Crippen LogP contribution < -0.4 is 5.43 Å². The van der Waals surface area contributed by atoms with Gasteiger partial charge in [0.2, 0.25) is 5.43 Å². The topological polar surface area (TPSA) is 92.0 Å². The number of aromatic amines is 1. The SMILES string of the molecule is Cc1c(O)ccc2c(=O)c3n[nH]nc3oc12. The second-order valence-corrected chi connectivity index (χ2v) is 3.49. The lowest BCUT2D eigenvalue weighted by Gasteiger charge is -2.01. The number of H-pyrrole nitrogens is 1. The number of aromatic nitrogens is 3. The van der Waals surface area contributed by atoms with Gasteiger partial charge in [0.15, 0.2) is 5.52 Å². The van der Waals surface area contributed by atoms with E-state index in [9.17, 15) is 9.90 Å². The minimum absolute atomic E-state index is 0.0819. The van der Waals surface area contributed by atoms with E-state index in [0.717, 1.165) is 0 Å². The van der Waals surface area contributed by atoms with E-state index in [2.05, 4.69) is 15.4 Å². The molecule has 3 rings (SSSR count). The first-order valence-corrected chi connectivity index (χ1v) is 4.64. The van der Waals surface area contributed by atoms with Gasteiger partial charge in [0.25, 0.3) is 5.71 Å². The van der Waals surface area contributed by atoms with Crippen molar-refractivity contribution in [3.8, 4) is 5.75 Å². The van der Waals surface area contributed by atoms with Crippen molar-refractivity contribution >= 4 is 22.2 Å². The molecule has 0 bridgehead atoms. The van der Waals surface area contributed by atoms with Crippen LogP contribution in [-0.4, -0.2) is 20.5 Å². The number of hydrogen-bond acceptors (Lipinski definition) is 5. The first-order chi connectivity index (χ1) is 7.68. The monoisotopic (exact) mass is 217 g/mol. The third kappa shape index (κ3) is 0.979. The highest BCUT2D eigenvalue weighted by Gasteiger charge is 2.13. The molecule has 0 saturated heterocycles. The fourth-order valence-corrected chi connectivity index (χ4v) is 1.66. The zero-order chi connectivity index (χ0) is 11.3. The summed E-state index contributed by atoms with van der Waals surface area (Å²) in [6, 6.07) is 2.97. The van der Waals surface area contributed by atoms with Crippen molar-refractivity contribution in [1.82, 2.24) is 15.4 Å². The van der Waals surface area contributed by atoms with Gasteiger partial charge in [-0.05, 0) is 19.1 Å². The quantitative estimate of drug-likeness (QED) is 0.587. The summed E-state index contributed by atoms with van der Waals surface area (Å²) in [5.41, 5.74) is 0.905. The van der Waals surface area contributed by atoms with Gasteiger partial charge in [-0.3, -0.25) is 4.79 Å². The van der Waals surface area contributed by atoms with Gasteiger partial charge in [-0.15, -0.1) is 10.2 Å². The van der Waals surface area contributed by atoms with Gasteiger partial charge >= 0.3 is 0 Å². The van der Waals surface area contributed by atoms with Gasteiger partial charge in [0, 0.05) is 5.56 Å². The normalized spacial score (nSPS) is 11.3. The molecule has 2 aromatic heterocycles. The van der Waals surface area contributed by atoms with Gasteiger partial charge in [-0.2, -0.15) is 5.21 Å². The minimum atomic E-state index is -0.256. The molecule has 0 fully saturated rings. The number of nitrogens with zero attached hydrogens (tertiary/aromatic N) is 2. The van der Waals surface area contributed by atoms with Crippen molar-refractivity contribution in [2.45, 2.75) is 6.92 Å². The molecule has 3 aromatic rings. The summed E-state index contributed by atoms with van der Waals surface area (Å²) in [7, 11) is 0. The van der Waals surface area contributed by atoms with Crippen LogP contribution in [0.2, 0.25) is 0 Å². The Balaban J connectivity index is 2.67. The van der Waals surface area contributed by atoms with Gasteiger partial charge in [0.05, 0.1) is 5.39 Å². The van der Waals surface area contributed by atoms with Crippen LogP contribution in [0.5, 0.6) is 5.75 Å². The predicted molar refractivity (Wildman–Crippen MR) is 56.3 cm³/mol. The molecular formula is C10H7N3O3. The number of aromatic hydroxyl groups is 1. The zero-order valence-electron chi connectivity index (χ0n) is 8.31. The molecule has 0 aliphatic heterocycles. The molecule has 2 heterocycles. The average molecular weight is 217 g/mol. The molecule has 0 saturated carbocycles. The molecule has 0 aliphatic carbocycles. The Labute approximate surface area is 88.5 Å². The van der Waals surface area contributed by atoms with E-state index in [1.54, 1.807) is 6.92 Å². The number of hydrogen-bond donors (Lipinski definition) is 2. The maximum absolute atomic E-state index is 11.9. The Morgan fingerprint density at radius 2 is 2.19 bits per heavy atom. The summed E-state index contributed by atoms with van der Waals surface area (Å²) in [6.07, 6.45) is 0. The van der Waals surface area contributed by atoms with Gasteiger partial charge in [-0.1, -0.05) is 0 Å². The Morgan fingerprint density at radius 1 is 1.38 bits per heavy atom. The van der Waals surface area contributed by atoms with E-state index < -0.39 is 0 Å². The number of nitrogens with one attached hydrogen (secondary N) is 1. The maximum Gasteiger partial charge on any atom is 0.270 e. The van der Waals surface area contributed by atoms with Crippen LogP contribution in [0.1, 0.15) is 5.56 Å². The lowest BCUT2D eigenvalue weighted by atomic mass is 10.1. The number of benzene rings is 1. The molecule has 0 aliphatic rings. The molecule has 1 aromatic carbocycles. The Morgan fingerprint density at radius 3 is 3.00 bits per heavy atom. The summed E-state index contributed by atoms with van der Waals surface area (Å²) in [6.45, 7) is 1.67. The molecule has 2 N–H and O–H groups in total. The fourth-order valence-electron chi connectivity index (χ4n) is 1.66. The zero-order valence-corrected chi connectivity index (χ0v) is 8.31. The molecular weight excluding hydrogens is 210 g/mol. The third-order valence-corrected chi connectivity index (χ3v) is 2.55. The highest BCUT2D eigenvalue weighted by molar-refractivity contribution is 5.88. The fraction of sp³-hybridized carbons (Fsp3) is 0.100. The number of fused-ring (bicyclic) bond motifs is 2. The highest BCUT2D eigenvalue weighted by Crippen LogP contribution is 2.25. The number of rotatable bonds is 0. The van der Waals surface area contributed by atoms with Crippen molar-refractivity contribution in [2.75, 3.05) is 0 Å². The largest absolute Gasteiger partial charge is 0.508 e. The van der Waals surface area contributed by atoms with Crippen LogP contribution in [0.4, 0.5) is 0 Å². The Bertz CT molecular complexity index is 757. The molecule has 0 unspecified atom stereocenters. The van der Waals surface area contributed by atoms with Crippen molar-refractivity contribution in [3.63, 3.8) is 0 Å². The molecule has 0 amide bonds. The van der Waals surface area contributed by atoms with Crippen LogP contribution in [0.25, 0.3) is 22.2 Å². The second kappa shape index (κ2) is 2.82. The van der Waals surface area contributed by atoms with Gasteiger partial charge < -0.3 is 9.52 Å². The maximum atomic E-state index is 11.9. The number of aryl methyl sites for hydroxylation is 1. The Kier molecular flexibility index (Phi) is 1.57. The molecule has 6 heteroatoms. The lowest BCUT2D eigenvalue weighted by molar-refractivity contribution is 0.470. The van der Waals surface area contributed by atoms with Crippen LogP contribution in [0.3, 0.4) is 0 Å². The average Bonchev–Trinajstić information content (AvgIpc) is 2.73. The van der Waals surface area contributed by atoms with E-state index in [0.29, 0.717) is 16.5 Å². The lowest BCUT2D eigenvalue weighted by Crippen LogP contribution is -2.02. The van der Waals surface area contributed by atoms with Crippen molar-refractivity contribution < 1.29 is 9.52 Å². The molecule has 6 nitrogen and oxygen atoms in total. The van der Waals surface area contributed by atoms with Crippen LogP contribution in [-0.2, 0) is 0 Å². The third-order valence-electron chi connectivity index (χ3n) is 2.55. The van der Waals surface area contributed by atoms with Crippen molar-refractivity contribution in [1.29, 1.82) is 0 Å². The first kappa shape index (κ1) is 8.90. The predicted octanol–water partition coefficient (Wildman–Crippen LogP) is 1.08.